The Bertz CT molecular complexity index is 853. The van der Waals surface area contributed by atoms with Crippen LogP contribution in [0, 0.1) is 0 Å². The fourth-order valence-electron chi connectivity index (χ4n) is 2.34. The molecular weight excluding hydrogens is 316 g/mol. The van der Waals surface area contributed by atoms with E-state index in [9.17, 15) is 4.79 Å². The molecular formula is C20H20N2OS. The van der Waals surface area contributed by atoms with Crippen LogP contribution in [-0.4, -0.2) is 10.9 Å². The molecule has 3 rings (SSSR count). The number of fused-ring (bicyclic) bond motifs is 1. The van der Waals surface area contributed by atoms with Crippen LogP contribution in [0.2, 0.25) is 0 Å². The zero-order valence-electron chi connectivity index (χ0n) is 14.0. The Hall–Kier alpha value is -2.46. The van der Waals surface area contributed by atoms with Crippen molar-refractivity contribution in [3.63, 3.8) is 0 Å². The summed E-state index contributed by atoms with van der Waals surface area (Å²) in [5.74, 6) is -0.172. The molecule has 24 heavy (non-hydrogen) atoms. The predicted octanol–water partition coefficient (Wildman–Crippen LogP) is 5.25. The van der Waals surface area contributed by atoms with Crippen molar-refractivity contribution < 1.29 is 4.79 Å². The number of carbonyl (C=O) groups excluding carboxylic acids is 1. The first kappa shape index (κ1) is 16.4. The lowest BCUT2D eigenvalue weighted by Crippen LogP contribution is -2.10. The first-order chi connectivity index (χ1) is 11.4. The molecule has 0 spiro atoms. The van der Waals surface area contributed by atoms with E-state index in [0.717, 1.165) is 15.8 Å². The molecule has 0 saturated carbocycles. The molecule has 2 aromatic carbocycles. The summed E-state index contributed by atoms with van der Waals surface area (Å²) < 4.78 is 1.06. The molecule has 1 heterocycles. The average Bonchev–Trinajstić information content (AvgIpc) is 2.94. The lowest BCUT2D eigenvalue weighted by molar-refractivity contribution is -0.111. The number of anilines is 1. The smallest absolute Gasteiger partial charge is 0.250 e. The fraction of sp³-hybridized carbons (Fsp3) is 0.200. The van der Waals surface area contributed by atoms with E-state index < -0.39 is 0 Å². The van der Waals surface area contributed by atoms with Crippen LogP contribution in [0.1, 0.15) is 31.9 Å². The third-order valence-electron chi connectivity index (χ3n) is 3.73. The second-order valence-corrected chi connectivity index (χ2v) is 7.71. The maximum absolute atomic E-state index is 12.1. The van der Waals surface area contributed by atoms with E-state index in [1.165, 1.54) is 23.0 Å². The molecule has 0 aliphatic heterocycles. The Balaban J connectivity index is 1.66. The van der Waals surface area contributed by atoms with Crippen molar-refractivity contribution in [2.75, 3.05) is 5.32 Å². The van der Waals surface area contributed by atoms with Gasteiger partial charge >= 0.3 is 0 Å². The van der Waals surface area contributed by atoms with Gasteiger partial charge in [-0.3, -0.25) is 10.1 Å². The summed E-state index contributed by atoms with van der Waals surface area (Å²) in [4.78, 5) is 16.5. The molecule has 0 unspecified atom stereocenters. The molecule has 0 aliphatic rings. The molecule has 3 nitrogen and oxygen atoms in total. The van der Waals surface area contributed by atoms with Gasteiger partial charge in [-0.1, -0.05) is 68.5 Å². The number of hydrogen-bond acceptors (Lipinski definition) is 3. The van der Waals surface area contributed by atoms with E-state index in [1.807, 2.05) is 42.5 Å². The summed E-state index contributed by atoms with van der Waals surface area (Å²) in [5, 5.41) is 3.44. The molecule has 0 radical (unpaired) electrons. The van der Waals surface area contributed by atoms with Crippen LogP contribution in [0.4, 0.5) is 5.13 Å². The monoisotopic (exact) mass is 336 g/mol. The van der Waals surface area contributed by atoms with Crippen molar-refractivity contribution in [3.8, 4) is 0 Å². The van der Waals surface area contributed by atoms with E-state index in [1.54, 1.807) is 0 Å². The molecule has 1 aromatic heterocycles. The van der Waals surface area contributed by atoms with Crippen molar-refractivity contribution in [1.82, 2.24) is 4.98 Å². The molecule has 4 heteroatoms. The SMILES string of the molecule is CC(C)(C)c1ccc(C=CC(=O)Nc2nc3ccccc3s2)cc1. The standard InChI is InChI=1S/C20H20N2OS/c1-20(2,3)15-11-8-14(9-12-15)10-13-18(23)22-19-21-16-6-4-5-7-17(16)24-19/h4-13H,1-3H3,(H,21,22,23). The van der Waals surface area contributed by atoms with Gasteiger partial charge in [-0.05, 0) is 34.8 Å². The number of nitrogens with zero attached hydrogens (tertiary/aromatic N) is 1. The van der Waals surface area contributed by atoms with Crippen LogP contribution in [0.25, 0.3) is 16.3 Å². The molecule has 0 bridgehead atoms. The zero-order chi connectivity index (χ0) is 17.2. The van der Waals surface area contributed by atoms with Gasteiger partial charge in [0.15, 0.2) is 5.13 Å². The number of thiazole rings is 1. The third kappa shape index (κ3) is 3.89. The summed E-state index contributed by atoms with van der Waals surface area (Å²) in [7, 11) is 0. The second-order valence-electron chi connectivity index (χ2n) is 6.68. The summed E-state index contributed by atoms with van der Waals surface area (Å²) in [5.41, 5.74) is 3.31. The number of carbonyl (C=O) groups is 1. The fourth-order valence-corrected chi connectivity index (χ4v) is 3.21. The zero-order valence-corrected chi connectivity index (χ0v) is 14.9. The van der Waals surface area contributed by atoms with Crippen molar-refractivity contribution in [1.29, 1.82) is 0 Å². The number of amides is 1. The predicted molar refractivity (Wildman–Crippen MR) is 102 cm³/mol. The van der Waals surface area contributed by atoms with Crippen LogP contribution in [0.15, 0.2) is 54.6 Å². The van der Waals surface area contributed by atoms with Gasteiger partial charge in [-0.15, -0.1) is 0 Å². The second kappa shape index (κ2) is 6.57. The van der Waals surface area contributed by atoms with Gasteiger partial charge in [0.2, 0.25) is 5.91 Å². The van der Waals surface area contributed by atoms with E-state index >= 15 is 0 Å². The molecule has 1 amide bonds. The molecule has 0 fully saturated rings. The van der Waals surface area contributed by atoms with Crippen LogP contribution in [-0.2, 0) is 10.2 Å². The van der Waals surface area contributed by atoms with Gasteiger partial charge in [-0.2, -0.15) is 0 Å². The molecule has 1 N–H and O–H groups in total. The van der Waals surface area contributed by atoms with Gasteiger partial charge in [0.1, 0.15) is 0 Å². The minimum absolute atomic E-state index is 0.131. The lowest BCUT2D eigenvalue weighted by atomic mass is 9.87. The van der Waals surface area contributed by atoms with Crippen molar-refractivity contribution in [2.24, 2.45) is 0 Å². The molecule has 0 aliphatic carbocycles. The first-order valence-electron chi connectivity index (χ1n) is 7.87. The summed E-state index contributed by atoms with van der Waals surface area (Å²) >= 11 is 1.48. The third-order valence-corrected chi connectivity index (χ3v) is 4.68. The largest absolute Gasteiger partial charge is 0.298 e. The normalized spacial score (nSPS) is 12.0. The Morgan fingerprint density at radius 1 is 1.08 bits per heavy atom. The van der Waals surface area contributed by atoms with Crippen molar-refractivity contribution >= 4 is 38.7 Å². The highest BCUT2D eigenvalue weighted by Gasteiger charge is 2.12. The number of aromatic nitrogens is 1. The van der Waals surface area contributed by atoms with Gasteiger partial charge in [0, 0.05) is 6.08 Å². The highest BCUT2D eigenvalue weighted by Crippen LogP contribution is 2.25. The number of benzene rings is 2. The Labute approximate surface area is 146 Å². The quantitative estimate of drug-likeness (QED) is 0.664. The summed E-state index contributed by atoms with van der Waals surface area (Å²) in [6.07, 6.45) is 3.35. The Morgan fingerprint density at radius 3 is 2.46 bits per heavy atom. The van der Waals surface area contributed by atoms with Crippen LogP contribution in [0.3, 0.4) is 0 Å². The molecule has 122 valence electrons. The van der Waals surface area contributed by atoms with E-state index in [4.69, 9.17) is 0 Å². The molecule has 0 saturated heterocycles. The highest BCUT2D eigenvalue weighted by atomic mass is 32.1. The molecule has 3 aromatic rings. The van der Waals surface area contributed by atoms with E-state index in [0.29, 0.717) is 5.13 Å². The first-order valence-corrected chi connectivity index (χ1v) is 8.69. The van der Waals surface area contributed by atoms with Crippen molar-refractivity contribution in [2.45, 2.75) is 26.2 Å². The van der Waals surface area contributed by atoms with Gasteiger partial charge in [0.25, 0.3) is 0 Å². The Kier molecular flexibility index (Phi) is 4.49. The number of rotatable bonds is 3. The van der Waals surface area contributed by atoms with E-state index in [-0.39, 0.29) is 11.3 Å². The topological polar surface area (TPSA) is 42.0 Å². The van der Waals surface area contributed by atoms with Gasteiger partial charge < -0.3 is 0 Å². The van der Waals surface area contributed by atoms with Crippen molar-refractivity contribution in [3.05, 3.63) is 65.7 Å². The Morgan fingerprint density at radius 2 is 1.79 bits per heavy atom. The van der Waals surface area contributed by atoms with Crippen LogP contribution < -0.4 is 5.32 Å². The van der Waals surface area contributed by atoms with E-state index in [2.05, 4.69) is 43.2 Å². The van der Waals surface area contributed by atoms with Gasteiger partial charge in [-0.25, -0.2) is 4.98 Å². The number of para-hydroxylation sites is 1. The summed E-state index contributed by atoms with van der Waals surface area (Å²) in [6.45, 7) is 6.55. The highest BCUT2D eigenvalue weighted by molar-refractivity contribution is 7.22. The lowest BCUT2D eigenvalue weighted by Gasteiger charge is -2.18. The minimum Gasteiger partial charge on any atom is -0.298 e. The molecule has 0 atom stereocenters. The summed E-state index contributed by atoms with van der Waals surface area (Å²) in [6, 6.07) is 16.1. The minimum atomic E-state index is -0.172. The maximum Gasteiger partial charge on any atom is 0.250 e. The number of hydrogen-bond donors (Lipinski definition) is 1. The van der Waals surface area contributed by atoms with Crippen LogP contribution >= 0.6 is 11.3 Å². The average molecular weight is 336 g/mol. The number of nitrogens with one attached hydrogen (secondary N) is 1. The maximum atomic E-state index is 12.1. The van der Waals surface area contributed by atoms with Gasteiger partial charge in [0.05, 0.1) is 10.2 Å². The van der Waals surface area contributed by atoms with Crippen LogP contribution in [0.5, 0.6) is 0 Å².